The Hall–Kier alpha value is -0.820. The summed E-state index contributed by atoms with van der Waals surface area (Å²) in [5.41, 5.74) is -0.357. The molecule has 1 aliphatic carbocycles. The van der Waals surface area contributed by atoms with Crippen LogP contribution in [0.4, 0.5) is 13.2 Å². The first-order chi connectivity index (χ1) is 9.86. The Balaban J connectivity index is 1.77. The molecule has 2 heterocycles. The second-order valence-electron chi connectivity index (χ2n) is 6.46. The lowest BCUT2D eigenvalue weighted by Gasteiger charge is -2.50. The number of ether oxygens (including phenoxy) is 1. The van der Waals surface area contributed by atoms with Crippen molar-refractivity contribution in [3.63, 3.8) is 0 Å². The average molecular weight is 306 g/mol. The zero-order valence-electron chi connectivity index (χ0n) is 12.1. The third-order valence-electron chi connectivity index (χ3n) is 5.00. The molecule has 120 valence electrons. The zero-order chi connectivity index (χ0) is 15.3. The van der Waals surface area contributed by atoms with E-state index < -0.39 is 12.1 Å². The summed E-state index contributed by atoms with van der Waals surface area (Å²) >= 11 is 0. The maximum atomic E-state index is 12.9. The van der Waals surface area contributed by atoms with Crippen molar-refractivity contribution in [2.24, 2.45) is 5.92 Å². The molecule has 1 unspecified atom stereocenters. The molecule has 0 bridgehead atoms. The standard InChI is InChI=1S/C14H21F3N2O2/c1-2-9-5-11(9)19(12(20)14(15,16)17)10-3-4-21-13(6-10)7-18-8-13/h9-11,18H,2-8H2,1H3/t9-,10?,11-/m1/s1. The second-order valence-corrected chi connectivity index (χ2v) is 6.46. The van der Waals surface area contributed by atoms with Gasteiger partial charge in [-0.25, -0.2) is 0 Å². The number of hydrogen-bond donors (Lipinski definition) is 1. The molecule has 1 N–H and O–H groups in total. The van der Waals surface area contributed by atoms with Crippen molar-refractivity contribution in [3.8, 4) is 0 Å². The van der Waals surface area contributed by atoms with Crippen LogP contribution >= 0.6 is 0 Å². The molecular weight excluding hydrogens is 285 g/mol. The van der Waals surface area contributed by atoms with Gasteiger partial charge in [0.2, 0.25) is 0 Å². The van der Waals surface area contributed by atoms with E-state index in [1.54, 1.807) is 0 Å². The number of rotatable bonds is 3. The van der Waals surface area contributed by atoms with Crippen LogP contribution in [-0.2, 0) is 9.53 Å². The minimum atomic E-state index is -4.79. The van der Waals surface area contributed by atoms with Crippen LogP contribution in [0.3, 0.4) is 0 Å². The van der Waals surface area contributed by atoms with Gasteiger partial charge in [0.25, 0.3) is 0 Å². The molecule has 1 spiro atoms. The van der Waals surface area contributed by atoms with Gasteiger partial charge in [-0.3, -0.25) is 4.79 Å². The maximum absolute atomic E-state index is 12.9. The third kappa shape index (κ3) is 2.77. The minimum Gasteiger partial charge on any atom is -0.372 e. The molecule has 0 aromatic carbocycles. The van der Waals surface area contributed by atoms with E-state index in [0.29, 0.717) is 39.0 Å². The summed E-state index contributed by atoms with van der Waals surface area (Å²) in [6.45, 7) is 3.72. The number of nitrogens with one attached hydrogen (secondary N) is 1. The third-order valence-corrected chi connectivity index (χ3v) is 5.00. The van der Waals surface area contributed by atoms with Crippen molar-refractivity contribution in [3.05, 3.63) is 0 Å². The van der Waals surface area contributed by atoms with E-state index in [2.05, 4.69) is 5.32 Å². The fourth-order valence-corrected chi connectivity index (χ4v) is 3.63. The number of nitrogens with zero attached hydrogens (tertiary/aromatic N) is 1. The lowest BCUT2D eigenvalue weighted by Crippen LogP contribution is -2.66. The number of hydrogen-bond acceptors (Lipinski definition) is 3. The molecule has 2 aliphatic heterocycles. The molecule has 4 nitrogen and oxygen atoms in total. The second kappa shape index (κ2) is 5.12. The van der Waals surface area contributed by atoms with Crippen molar-refractivity contribution in [2.45, 2.75) is 56.5 Å². The molecule has 1 saturated carbocycles. The lowest BCUT2D eigenvalue weighted by molar-refractivity contribution is -0.195. The van der Waals surface area contributed by atoms with Crippen LogP contribution in [0.1, 0.15) is 32.6 Å². The molecule has 7 heteroatoms. The molecule has 3 aliphatic rings. The van der Waals surface area contributed by atoms with Gasteiger partial charge in [0.1, 0.15) is 0 Å². The predicted molar refractivity (Wildman–Crippen MR) is 69.7 cm³/mol. The molecule has 1 amide bonds. The van der Waals surface area contributed by atoms with Gasteiger partial charge in [-0.15, -0.1) is 0 Å². The summed E-state index contributed by atoms with van der Waals surface area (Å²) in [6, 6.07) is -0.589. The van der Waals surface area contributed by atoms with E-state index in [1.807, 2.05) is 6.92 Å². The summed E-state index contributed by atoms with van der Waals surface area (Å²) in [5, 5.41) is 3.10. The molecular formula is C14H21F3N2O2. The predicted octanol–water partition coefficient (Wildman–Crippen LogP) is 1.70. The summed E-state index contributed by atoms with van der Waals surface area (Å²) in [4.78, 5) is 13.0. The van der Waals surface area contributed by atoms with Crippen molar-refractivity contribution < 1.29 is 22.7 Å². The van der Waals surface area contributed by atoms with Crippen LogP contribution in [-0.4, -0.2) is 54.4 Å². The van der Waals surface area contributed by atoms with Crippen molar-refractivity contribution in [2.75, 3.05) is 19.7 Å². The first kappa shape index (κ1) is 15.1. The number of carbonyl (C=O) groups excluding carboxylic acids is 1. The quantitative estimate of drug-likeness (QED) is 0.863. The smallest absolute Gasteiger partial charge is 0.372 e. The molecule has 3 fully saturated rings. The normalized spacial score (nSPS) is 34.4. The Morgan fingerprint density at radius 2 is 2.14 bits per heavy atom. The van der Waals surface area contributed by atoms with E-state index in [-0.39, 0.29) is 23.6 Å². The Morgan fingerprint density at radius 1 is 1.43 bits per heavy atom. The lowest BCUT2D eigenvalue weighted by atomic mass is 9.84. The van der Waals surface area contributed by atoms with Gasteiger partial charge >= 0.3 is 12.1 Å². The number of amides is 1. The monoisotopic (exact) mass is 306 g/mol. The molecule has 3 rings (SSSR count). The van der Waals surface area contributed by atoms with Crippen LogP contribution in [0.25, 0.3) is 0 Å². The topological polar surface area (TPSA) is 41.6 Å². The summed E-state index contributed by atoms with van der Waals surface area (Å²) < 4.78 is 44.5. The fraction of sp³-hybridized carbons (Fsp3) is 0.929. The highest BCUT2D eigenvalue weighted by Gasteiger charge is 2.55. The van der Waals surface area contributed by atoms with Crippen molar-refractivity contribution in [1.29, 1.82) is 0 Å². The highest BCUT2D eigenvalue weighted by atomic mass is 19.4. The van der Waals surface area contributed by atoms with Gasteiger partial charge < -0.3 is 15.0 Å². The largest absolute Gasteiger partial charge is 0.471 e. The van der Waals surface area contributed by atoms with Crippen LogP contribution in [0.15, 0.2) is 0 Å². The summed E-state index contributed by atoms with van der Waals surface area (Å²) in [7, 11) is 0. The minimum absolute atomic E-state index is 0.217. The summed E-state index contributed by atoms with van der Waals surface area (Å²) in [5.74, 6) is -1.45. The maximum Gasteiger partial charge on any atom is 0.471 e. The zero-order valence-corrected chi connectivity index (χ0v) is 12.1. The van der Waals surface area contributed by atoms with E-state index in [1.165, 1.54) is 0 Å². The van der Waals surface area contributed by atoms with E-state index in [4.69, 9.17) is 4.74 Å². The number of halogens is 3. The molecule has 0 radical (unpaired) electrons. The molecule has 0 aromatic rings. The highest BCUT2D eigenvalue weighted by Crippen LogP contribution is 2.44. The summed E-state index contributed by atoms with van der Waals surface area (Å²) in [6.07, 6.45) is -2.27. The Labute approximate surface area is 122 Å². The van der Waals surface area contributed by atoms with E-state index >= 15 is 0 Å². The molecule has 21 heavy (non-hydrogen) atoms. The van der Waals surface area contributed by atoms with Crippen molar-refractivity contribution >= 4 is 5.91 Å². The van der Waals surface area contributed by atoms with E-state index in [0.717, 1.165) is 11.3 Å². The van der Waals surface area contributed by atoms with Gasteiger partial charge in [0.15, 0.2) is 0 Å². The van der Waals surface area contributed by atoms with E-state index in [9.17, 15) is 18.0 Å². The van der Waals surface area contributed by atoms with Gasteiger partial charge in [-0.1, -0.05) is 13.3 Å². The Morgan fingerprint density at radius 3 is 2.62 bits per heavy atom. The van der Waals surface area contributed by atoms with Crippen LogP contribution < -0.4 is 5.32 Å². The number of alkyl halides is 3. The Bertz CT molecular complexity index is 423. The molecule has 3 atom stereocenters. The van der Waals surface area contributed by atoms with Crippen LogP contribution in [0.2, 0.25) is 0 Å². The molecule has 2 saturated heterocycles. The Kier molecular flexibility index (Phi) is 3.68. The average Bonchev–Trinajstić information content (AvgIpc) is 3.16. The van der Waals surface area contributed by atoms with Gasteiger partial charge in [0, 0.05) is 31.8 Å². The van der Waals surface area contributed by atoms with Crippen LogP contribution in [0.5, 0.6) is 0 Å². The van der Waals surface area contributed by atoms with Crippen LogP contribution in [0, 0.1) is 5.92 Å². The van der Waals surface area contributed by atoms with Gasteiger partial charge in [0.05, 0.1) is 5.60 Å². The highest BCUT2D eigenvalue weighted by molar-refractivity contribution is 5.83. The number of carbonyl (C=O) groups is 1. The first-order valence-electron chi connectivity index (χ1n) is 7.60. The fourth-order valence-electron chi connectivity index (χ4n) is 3.63. The van der Waals surface area contributed by atoms with Gasteiger partial charge in [-0.2, -0.15) is 13.2 Å². The SMILES string of the molecule is CC[C@@H]1C[C@H]1N(C(=O)C(F)(F)F)C1CCOC2(CNC2)C1. The molecule has 0 aromatic heterocycles. The van der Waals surface area contributed by atoms with Gasteiger partial charge in [-0.05, 0) is 25.2 Å². The van der Waals surface area contributed by atoms with Crippen molar-refractivity contribution in [1.82, 2.24) is 10.2 Å². The first-order valence-corrected chi connectivity index (χ1v) is 7.60.